The van der Waals surface area contributed by atoms with Crippen LogP contribution in [0.4, 0.5) is 5.69 Å². The quantitative estimate of drug-likeness (QED) is 0.759. The molecule has 1 aromatic carbocycles. The maximum atomic E-state index is 12.5. The monoisotopic (exact) mass is 352 g/mol. The maximum Gasteiger partial charge on any atom is 0.241 e. The first kappa shape index (κ1) is 16.5. The van der Waals surface area contributed by atoms with E-state index < -0.39 is 0 Å². The molecule has 1 aliphatic heterocycles. The van der Waals surface area contributed by atoms with Gasteiger partial charge in [-0.3, -0.25) is 9.69 Å². The third kappa shape index (κ3) is 3.83. The Morgan fingerprint density at radius 1 is 1.23 bits per heavy atom. The lowest BCUT2D eigenvalue weighted by Gasteiger charge is -2.30. The van der Waals surface area contributed by atoms with E-state index in [-0.39, 0.29) is 11.8 Å². The molecule has 0 radical (unpaired) electrons. The summed E-state index contributed by atoms with van der Waals surface area (Å²) < 4.78 is 10.6. The number of benzene rings is 1. The van der Waals surface area contributed by atoms with Gasteiger partial charge >= 0.3 is 0 Å². The van der Waals surface area contributed by atoms with Crippen LogP contribution in [0.1, 0.15) is 18.7 Å². The Morgan fingerprint density at radius 2 is 2.12 bits per heavy atom. The molecule has 1 saturated heterocycles. The van der Waals surface area contributed by atoms with Crippen LogP contribution in [-0.4, -0.2) is 34.0 Å². The number of nitrogens with zero attached hydrogens (tertiary/aromatic N) is 3. The molecule has 134 valence electrons. The molecular formula is C19H20N4O3. The lowest BCUT2D eigenvalue weighted by molar-refractivity contribution is -0.121. The molecule has 0 bridgehead atoms. The summed E-state index contributed by atoms with van der Waals surface area (Å²) in [6.45, 7) is 2.12. The zero-order chi connectivity index (χ0) is 17.8. The van der Waals surface area contributed by atoms with Crippen LogP contribution in [0.3, 0.4) is 0 Å². The minimum absolute atomic E-state index is 0.0450. The lowest BCUT2D eigenvalue weighted by atomic mass is 9.97. The van der Waals surface area contributed by atoms with Gasteiger partial charge in [0.1, 0.15) is 0 Å². The van der Waals surface area contributed by atoms with Gasteiger partial charge in [0.25, 0.3) is 0 Å². The van der Waals surface area contributed by atoms with E-state index in [9.17, 15) is 4.79 Å². The molecular weight excluding hydrogens is 332 g/mol. The first-order valence-electron chi connectivity index (χ1n) is 8.72. The summed E-state index contributed by atoms with van der Waals surface area (Å²) >= 11 is 0. The van der Waals surface area contributed by atoms with Crippen molar-refractivity contribution in [1.29, 1.82) is 0 Å². The number of furan rings is 1. The van der Waals surface area contributed by atoms with Gasteiger partial charge in [0.05, 0.1) is 18.7 Å². The van der Waals surface area contributed by atoms with Crippen LogP contribution in [0.15, 0.2) is 57.7 Å². The van der Waals surface area contributed by atoms with Crippen molar-refractivity contribution in [3.8, 4) is 11.6 Å². The number of piperidine rings is 1. The molecule has 1 atom stereocenters. The fourth-order valence-corrected chi connectivity index (χ4v) is 3.20. The van der Waals surface area contributed by atoms with Gasteiger partial charge in [-0.15, -0.1) is 0 Å². The van der Waals surface area contributed by atoms with E-state index in [4.69, 9.17) is 8.94 Å². The highest BCUT2D eigenvalue weighted by Crippen LogP contribution is 2.21. The number of hydrogen-bond donors (Lipinski definition) is 1. The average Bonchev–Trinajstić information content (AvgIpc) is 3.34. The molecule has 1 fully saturated rings. The molecule has 7 nitrogen and oxygen atoms in total. The molecule has 0 spiro atoms. The van der Waals surface area contributed by atoms with Crippen LogP contribution in [0.2, 0.25) is 0 Å². The molecule has 1 N–H and O–H groups in total. The first-order chi connectivity index (χ1) is 12.8. The third-order valence-corrected chi connectivity index (χ3v) is 4.49. The van der Waals surface area contributed by atoms with Crippen LogP contribution in [0.25, 0.3) is 11.6 Å². The summed E-state index contributed by atoms with van der Waals surface area (Å²) in [5.74, 6) is 1.57. The maximum absolute atomic E-state index is 12.5. The SMILES string of the molecule is O=C(Nc1ccccc1)[C@@H]1CCCN(Cc2nc(-c3ccco3)no2)C1. The van der Waals surface area contributed by atoms with Crippen LogP contribution in [0, 0.1) is 5.92 Å². The van der Waals surface area contributed by atoms with E-state index in [0.717, 1.165) is 25.1 Å². The van der Waals surface area contributed by atoms with Crippen molar-refractivity contribution in [3.63, 3.8) is 0 Å². The Hall–Kier alpha value is -2.93. The molecule has 0 aliphatic carbocycles. The van der Waals surface area contributed by atoms with Crippen molar-refractivity contribution < 1.29 is 13.7 Å². The van der Waals surface area contributed by atoms with E-state index in [1.165, 1.54) is 0 Å². The van der Waals surface area contributed by atoms with E-state index >= 15 is 0 Å². The Balaban J connectivity index is 1.35. The number of rotatable bonds is 5. The van der Waals surface area contributed by atoms with E-state index in [2.05, 4.69) is 20.4 Å². The Labute approximate surface area is 151 Å². The molecule has 3 heterocycles. The molecule has 26 heavy (non-hydrogen) atoms. The first-order valence-corrected chi connectivity index (χ1v) is 8.72. The predicted molar refractivity (Wildman–Crippen MR) is 95.1 cm³/mol. The second kappa shape index (κ2) is 7.53. The number of carbonyl (C=O) groups excluding carboxylic acids is 1. The van der Waals surface area contributed by atoms with Gasteiger partial charge in [0.15, 0.2) is 5.76 Å². The third-order valence-electron chi connectivity index (χ3n) is 4.49. The number of nitrogens with one attached hydrogen (secondary N) is 1. The van der Waals surface area contributed by atoms with Gasteiger partial charge in [-0.1, -0.05) is 23.4 Å². The van der Waals surface area contributed by atoms with E-state index in [1.807, 2.05) is 30.3 Å². The zero-order valence-electron chi connectivity index (χ0n) is 14.3. The number of carbonyl (C=O) groups is 1. The van der Waals surface area contributed by atoms with Crippen molar-refractivity contribution in [2.75, 3.05) is 18.4 Å². The van der Waals surface area contributed by atoms with Gasteiger partial charge in [-0.05, 0) is 43.7 Å². The average molecular weight is 352 g/mol. The van der Waals surface area contributed by atoms with Gasteiger partial charge in [0, 0.05) is 12.2 Å². The van der Waals surface area contributed by atoms with Gasteiger partial charge in [-0.25, -0.2) is 0 Å². The fraction of sp³-hybridized carbons (Fsp3) is 0.316. The largest absolute Gasteiger partial charge is 0.461 e. The van der Waals surface area contributed by atoms with Crippen LogP contribution in [-0.2, 0) is 11.3 Å². The Bertz CT molecular complexity index is 845. The van der Waals surface area contributed by atoms with Crippen LogP contribution in [0.5, 0.6) is 0 Å². The summed E-state index contributed by atoms with van der Waals surface area (Å²) in [5, 5.41) is 6.94. The molecule has 4 rings (SSSR count). The van der Waals surface area contributed by atoms with Gasteiger partial charge in [-0.2, -0.15) is 4.98 Å². The standard InChI is InChI=1S/C19H20N4O3/c24-19(20-15-7-2-1-3-8-15)14-6-4-10-23(12-14)13-17-21-18(22-26-17)16-9-5-11-25-16/h1-3,5,7-9,11,14H,4,6,10,12-13H2,(H,20,24)/t14-/m1/s1. The summed E-state index contributed by atoms with van der Waals surface area (Å²) in [4.78, 5) is 19.1. The number of hydrogen-bond acceptors (Lipinski definition) is 6. The minimum Gasteiger partial charge on any atom is -0.461 e. The molecule has 2 aromatic heterocycles. The van der Waals surface area contributed by atoms with Gasteiger partial charge in [0.2, 0.25) is 17.6 Å². The smallest absolute Gasteiger partial charge is 0.241 e. The van der Waals surface area contributed by atoms with E-state index in [0.29, 0.717) is 30.6 Å². The summed E-state index contributed by atoms with van der Waals surface area (Å²) in [6, 6.07) is 13.1. The molecule has 1 aliphatic rings. The predicted octanol–water partition coefficient (Wildman–Crippen LogP) is 3.18. The van der Waals surface area contributed by atoms with Crippen LogP contribution < -0.4 is 5.32 Å². The highest BCUT2D eigenvalue weighted by atomic mass is 16.5. The zero-order valence-corrected chi connectivity index (χ0v) is 14.3. The Kier molecular flexibility index (Phi) is 4.79. The molecule has 0 unspecified atom stereocenters. The second-order valence-electron chi connectivity index (χ2n) is 6.42. The number of para-hydroxylation sites is 1. The molecule has 7 heteroatoms. The molecule has 1 amide bonds. The summed E-state index contributed by atoms with van der Waals surface area (Å²) in [5.41, 5.74) is 0.828. The van der Waals surface area contributed by atoms with Crippen molar-refractivity contribution in [2.24, 2.45) is 5.92 Å². The normalized spacial score (nSPS) is 17.9. The number of anilines is 1. The number of likely N-dealkylation sites (tertiary alicyclic amines) is 1. The second-order valence-corrected chi connectivity index (χ2v) is 6.42. The number of aromatic nitrogens is 2. The summed E-state index contributed by atoms with van der Waals surface area (Å²) in [6.07, 6.45) is 3.43. The van der Waals surface area contributed by atoms with Crippen molar-refractivity contribution >= 4 is 11.6 Å². The van der Waals surface area contributed by atoms with Crippen molar-refractivity contribution in [2.45, 2.75) is 19.4 Å². The molecule has 0 saturated carbocycles. The number of amides is 1. The Morgan fingerprint density at radius 3 is 2.92 bits per heavy atom. The van der Waals surface area contributed by atoms with Gasteiger partial charge < -0.3 is 14.3 Å². The lowest BCUT2D eigenvalue weighted by Crippen LogP contribution is -2.40. The van der Waals surface area contributed by atoms with Crippen molar-refractivity contribution in [3.05, 3.63) is 54.6 Å². The van der Waals surface area contributed by atoms with Crippen LogP contribution >= 0.6 is 0 Å². The topological polar surface area (TPSA) is 84.4 Å². The molecule has 3 aromatic rings. The van der Waals surface area contributed by atoms with Crippen molar-refractivity contribution in [1.82, 2.24) is 15.0 Å². The fourth-order valence-electron chi connectivity index (χ4n) is 3.20. The van der Waals surface area contributed by atoms with E-state index in [1.54, 1.807) is 18.4 Å². The highest BCUT2D eigenvalue weighted by molar-refractivity contribution is 5.92. The minimum atomic E-state index is -0.0450. The summed E-state index contributed by atoms with van der Waals surface area (Å²) in [7, 11) is 0. The highest BCUT2D eigenvalue weighted by Gasteiger charge is 2.27.